The number of pyridine rings is 10. The first-order valence-electron chi connectivity index (χ1n) is 55.3. The van der Waals surface area contributed by atoms with Crippen LogP contribution in [0.1, 0.15) is 220 Å². The average Bonchev–Trinajstić information content (AvgIpc) is 1.59. The highest BCUT2D eigenvalue weighted by Crippen LogP contribution is 2.45. The van der Waals surface area contributed by atoms with Crippen LogP contribution in [0.4, 0.5) is 0 Å². The molecule has 15 nitrogen and oxygen atoms in total. The Morgan fingerprint density at radius 2 is 0.634 bits per heavy atom. The van der Waals surface area contributed by atoms with Gasteiger partial charge in [-0.3, -0.25) is 0 Å². The lowest BCUT2D eigenvalue weighted by molar-refractivity contribution is -0.660. The normalized spacial score (nSPS) is 17.0. The van der Waals surface area contributed by atoms with Crippen molar-refractivity contribution in [2.45, 2.75) is 202 Å². The summed E-state index contributed by atoms with van der Waals surface area (Å²) in [6.07, 6.45) is 6.19. The van der Waals surface area contributed by atoms with E-state index in [9.17, 15) is 0 Å². The number of furan rings is 5. The Labute approximate surface area is 800 Å². The fourth-order valence-corrected chi connectivity index (χ4v) is 17.7. The summed E-state index contributed by atoms with van der Waals surface area (Å²) in [7, 11) is 9.41. The quantitative estimate of drug-likeness (QED) is 0.121. The Morgan fingerprint density at radius 3 is 0.985 bits per heavy atom. The van der Waals surface area contributed by atoms with E-state index < -0.39 is 64.7 Å². The molecule has 21 rings (SSSR count). The Bertz CT molecular complexity index is 8960. The molecule has 5 aromatic carbocycles. The topological polar surface area (TPSA) is 150 Å². The summed E-state index contributed by atoms with van der Waals surface area (Å²) in [6, 6.07) is 49.0. The Hall–Kier alpha value is -13.4. The molecule has 1 aliphatic rings. The molecule has 0 bridgehead atoms. The van der Waals surface area contributed by atoms with Crippen molar-refractivity contribution in [3.63, 3.8) is 0 Å². The van der Waals surface area contributed by atoms with Crippen LogP contribution < -0.4 is 22.8 Å². The zero-order valence-electron chi connectivity index (χ0n) is 100. The summed E-state index contributed by atoms with van der Waals surface area (Å²) in [5.41, 5.74) is 30.1. The fourth-order valence-electron chi connectivity index (χ4n) is 17.7. The highest BCUT2D eigenvalue weighted by molar-refractivity contribution is 6.13. The van der Waals surface area contributed by atoms with Gasteiger partial charge in [0.2, 0.25) is 57.0 Å². The van der Waals surface area contributed by atoms with Crippen LogP contribution in [-0.4, -0.2) is 24.9 Å². The Morgan fingerprint density at radius 1 is 0.336 bits per heavy atom. The number of aromatic nitrogens is 10. The van der Waals surface area contributed by atoms with Gasteiger partial charge in [0, 0.05) is 177 Å². The number of hydrogen-bond acceptors (Lipinski definition) is 10. The largest absolute Gasteiger partial charge is 0.437 e. The van der Waals surface area contributed by atoms with Crippen LogP contribution in [0.3, 0.4) is 0 Å². The molecule has 15 heterocycles. The number of nitrogens with zero attached hydrogens (tertiary/aromatic N) is 10. The van der Waals surface area contributed by atoms with Crippen molar-refractivity contribution in [1.82, 2.24) is 24.9 Å². The van der Waals surface area contributed by atoms with Crippen LogP contribution >= 0.6 is 0 Å². The average molecular weight is 1760 g/mol. The lowest BCUT2D eigenvalue weighted by atomic mass is 9.86. The van der Waals surface area contributed by atoms with E-state index in [1.807, 2.05) is 202 Å². The Kier molecular flexibility index (Phi) is 18.2. The molecular formula is C116H125N10O5+5. The van der Waals surface area contributed by atoms with E-state index in [1.165, 1.54) is 18.1 Å². The SMILES string of the molecule is [2H]C([2H])([2H])c1c[n+](C)c(-c2c(C)ccc3c2oc2nc(C([2H])(C)C)ccc23)cc1C.[2H]C([2H])([2H])c1c[n+](C)c(-c2c(C)ccc3c2oc2nc(C)ccc23)cc1C.[2H]C([2H])([2H])c1c[n+](C)c(-c2c(C)ccc3c2oc2nc(CC([2H])(C)C([2H])([2H])[2H])ccc23)cc1C.[2H]C([2H])([2H])c1c[n+](C)c(-c2c(C)ccc3c2oc2nc(CC)ccc23)cc1C.[2H]C1([2H])CCCC([2H])([2H])C1([2H])c1ccc2c(n1)oc1c(-c3cc(C)c(C)c[n+]3C)c(C)ccc12. The summed E-state index contributed by atoms with van der Waals surface area (Å²) in [5.74, 6) is -4.61. The van der Waals surface area contributed by atoms with E-state index in [0.29, 0.717) is 96.5 Å². The van der Waals surface area contributed by atoms with Gasteiger partial charge in [-0.15, -0.1) is 0 Å². The number of fused-ring (bicyclic) bond motifs is 15. The van der Waals surface area contributed by atoms with E-state index in [1.54, 1.807) is 68.3 Å². The molecule has 0 N–H and O–H groups in total. The molecule has 15 aromatic heterocycles. The number of aryl methyl sites for hydroxylation is 22. The zero-order valence-corrected chi connectivity index (χ0v) is 78.4. The lowest BCUT2D eigenvalue weighted by Crippen LogP contribution is -2.31. The molecule has 0 amide bonds. The second-order valence-electron chi connectivity index (χ2n) is 35.4. The monoisotopic (exact) mass is 1760 g/mol. The molecule has 1 atom stereocenters. The first-order valence-corrected chi connectivity index (χ1v) is 44.3. The number of hydrogen-bond donors (Lipinski definition) is 0. The zero-order chi connectivity index (χ0) is 112. The van der Waals surface area contributed by atoms with Gasteiger partial charge in [0.15, 0.2) is 58.9 Å². The minimum Gasteiger partial charge on any atom is -0.437 e. The smallest absolute Gasteiger partial charge is 0.227 e. The molecule has 1 fully saturated rings. The molecular weight excluding hydrogens is 1610 g/mol. The van der Waals surface area contributed by atoms with Crippen molar-refractivity contribution in [2.75, 3.05) is 0 Å². The van der Waals surface area contributed by atoms with E-state index >= 15 is 0 Å². The molecule has 0 aliphatic heterocycles. The van der Waals surface area contributed by atoms with Gasteiger partial charge >= 0.3 is 0 Å². The van der Waals surface area contributed by atoms with Crippen LogP contribution in [0.15, 0.2) is 205 Å². The van der Waals surface area contributed by atoms with Gasteiger partial charge in [0.1, 0.15) is 35.2 Å². The fraction of sp³-hybridized carbons (Fsp3) is 0.310. The molecule has 1 aliphatic carbocycles. The van der Waals surface area contributed by atoms with E-state index in [-0.39, 0.29) is 25.0 Å². The predicted octanol–water partition coefficient (Wildman–Crippen LogP) is 27.2. The van der Waals surface area contributed by atoms with Crippen molar-refractivity contribution in [1.29, 1.82) is 0 Å². The third kappa shape index (κ3) is 17.2. The van der Waals surface area contributed by atoms with Crippen molar-refractivity contribution in [3.05, 3.63) is 295 Å². The first-order chi connectivity index (χ1) is 71.2. The highest BCUT2D eigenvalue weighted by Gasteiger charge is 2.30. The number of rotatable bonds is 10. The van der Waals surface area contributed by atoms with Crippen molar-refractivity contribution >= 4 is 110 Å². The molecule has 1 saturated carbocycles. The summed E-state index contributed by atoms with van der Waals surface area (Å²) in [4.78, 5) is 22.9. The third-order valence-electron chi connectivity index (χ3n) is 25.3. The van der Waals surface area contributed by atoms with Crippen molar-refractivity contribution in [2.24, 2.45) is 41.1 Å². The van der Waals surface area contributed by atoms with Gasteiger partial charge in [0.25, 0.3) is 0 Å². The van der Waals surface area contributed by atoms with Crippen molar-refractivity contribution < 1.29 is 75.1 Å². The number of benzene rings is 5. The van der Waals surface area contributed by atoms with Crippen LogP contribution in [0.5, 0.6) is 0 Å². The third-order valence-corrected chi connectivity index (χ3v) is 25.3. The molecule has 0 saturated heterocycles. The van der Waals surface area contributed by atoms with Gasteiger partial charge in [-0.1, -0.05) is 114 Å². The minimum absolute atomic E-state index is 0.0346. The highest BCUT2D eigenvalue weighted by atomic mass is 16.4. The molecule has 131 heavy (non-hydrogen) atoms. The van der Waals surface area contributed by atoms with Gasteiger partial charge in [0.05, 0.1) is 27.8 Å². The summed E-state index contributed by atoms with van der Waals surface area (Å²) in [5, 5.41) is 9.16. The Balaban J connectivity index is 0.000000130. The lowest BCUT2D eigenvalue weighted by Gasteiger charge is -2.20. The summed E-state index contributed by atoms with van der Waals surface area (Å²) >= 11 is 0. The maximum atomic E-state index is 9.00. The molecule has 0 radical (unpaired) electrons. The molecule has 15 heteroatoms. The summed E-state index contributed by atoms with van der Waals surface area (Å²) in [6.45, 7) is 19.5. The van der Waals surface area contributed by atoms with Crippen LogP contribution in [0.2, 0.25) is 0 Å². The van der Waals surface area contributed by atoms with Gasteiger partial charge in [-0.05, 0) is 264 Å². The van der Waals surface area contributed by atoms with Crippen LogP contribution in [0, 0.1) is 116 Å². The second-order valence-corrected chi connectivity index (χ2v) is 35.4. The second kappa shape index (κ2) is 36.2. The van der Waals surface area contributed by atoms with Crippen LogP contribution in [-0.2, 0) is 48.1 Å². The standard InChI is InChI=1S/C26H29N2O.C24H27N2O.C23H25N2O.C22H23N2O.C21H21N2O/c1-16-10-11-20-21-12-13-22(19-8-6-5-7-9-19)27-26(21)29-25(20)24(16)23-14-17(2)18(3)15-28(23)4;1-14(2)11-18-8-10-20-19-9-7-15(3)22(23(19)27-24(20)25-18)21-12-16(4)17(5)13-26(21)6;1-13(2)19-10-9-18-17-8-7-14(3)21(22(17)26-23(18)24-19)20-11-15(4)16(5)12-25(20)6;1-6-16-8-10-18-17-9-7-13(2)20(21(17)25-22(18)23-16)19-11-14(3)15(4)12-24(19)5;1-12-6-8-16-17-9-7-15(4)22-21(17)24-20(16)19(12)18-10-13(2)14(3)11-23(18)5/h10-15,19H,5-9H2,1-4H3;7-10,12-14H,11H2,1-6H3;7-13H,1-6H3;7-12H,6H2,1-5H3;6-11H,1-5H3/q5*+1/i8D2,9D2,19D;1D3,5D3,14D;5D3,13D;4D3;3D3. The van der Waals surface area contributed by atoms with Gasteiger partial charge in [-0.25, -0.2) is 47.8 Å². The minimum atomic E-state index is -2.44. The van der Waals surface area contributed by atoms with Crippen LogP contribution in [0.25, 0.3) is 167 Å². The summed E-state index contributed by atoms with van der Waals surface area (Å²) < 4.78 is 216. The first kappa shape index (κ1) is 66.0. The van der Waals surface area contributed by atoms with Gasteiger partial charge in [-0.2, -0.15) is 0 Å². The van der Waals surface area contributed by atoms with E-state index in [0.717, 1.165) is 178 Å². The molecule has 664 valence electrons. The van der Waals surface area contributed by atoms with E-state index in [2.05, 4.69) is 98.9 Å². The molecule has 0 spiro atoms. The van der Waals surface area contributed by atoms with E-state index in [4.69, 9.17) is 52.2 Å². The maximum absolute atomic E-state index is 9.00. The predicted molar refractivity (Wildman–Crippen MR) is 534 cm³/mol. The van der Waals surface area contributed by atoms with Gasteiger partial charge < -0.3 is 22.1 Å². The molecule has 20 aromatic rings. The maximum Gasteiger partial charge on any atom is 0.227 e. The van der Waals surface area contributed by atoms with Crippen molar-refractivity contribution in [3.8, 4) is 56.3 Å². The molecule has 1 unspecified atom stereocenters.